The number of aromatic nitrogens is 2. The summed E-state index contributed by atoms with van der Waals surface area (Å²) in [6.07, 6.45) is 5.99. The molecule has 2 aliphatic heterocycles. The van der Waals surface area contributed by atoms with Gasteiger partial charge in [-0.3, -0.25) is 0 Å². The average Bonchev–Trinajstić information content (AvgIpc) is 2.95. The predicted octanol–water partition coefficient (Wildman–Crippen LogP) is 2.08. The van der Waals surface area contributed by atoms with Crippen molar-refractivity contribution in [1.82, 2.24) is 20.4 Å². The fourth-order valence-corrected chi connectivity index (χ4v) is 3.68. The quantitative estimate of drug-likeness (QED) is 0.902. The molecule has 3 atom stereocenters. The first-order valence-corrected chi connectivity index (χ1v) is 7.45. The van der Waals surface area contributed by atoms with Gasteiger partial charge in [0.2, 0.25) is 5.89 Å². The van der Waals surface area contributed by atoms with Crippen LogP contribution in [-0.4, -0.2) is 41.2 Å². The molecule has 3 rings (SSSR count). The molecule has 3 heterocycles. The Kier molecular flexibility index (Phi) is 3.58. The van der Waals surface area contributed by atoms with Gasteiger partial charge >= 0.3 is 0 Å². The van der Waals surface area contributed by atoms with Crippen LogP contribution in [0.5, 0.6) is 0 Å². The highest BCUT2D eigenvalue weighted by molar-refractivity contribution is 5.06. The molecule has 2 saturated heterocycles. The molecule has 1 aromatic heterocycles. The molecular weight excluding hydrogens is 240 g/mol. The third kappa shape index (κ3) is 2.30. The maximum atomic E-state index is 5.44. The Labute approximate surface area is 114 Å². The number of fused-ring (bicyclic) bond motifs is 2. The topological polar surface area (TPSA) is 54.2 Å². The van der Waals surface area contributed by atoms with Crippen LogP contribution in [0.1, 0.15) is 62.7 Å². The Morgan fingerprint density at radius 3 is 2.63 bits per heavy atom. The van der Waals surface area contributed by atoms with Gasteiger partial charge in [0.15, 0.2) is 5.82 Å². The Bertz CT molecular complexity index is 415. The molecule has 1 N–H and O–H groups in total. The number of nitrogens with zero attached hydrogens (tertiary/aromatic N) is 3. The van der Waals surface area contributed by atoms with Gasteiger partial charge in [-0.1, -0.05) is 12.1 Å². The van der Waals surface area contributed by atoms with Crippen LogP contribution in [0.15, 0.2) is 4.52 Å². The van der Waals surface area contributed by atoms with Gasteiger partial charge in [-0.15, -0.1) is 0 Å². The van der Waals surface area contributed by atoms with E-state index >= 15 is 0 Å². The summed E-state index contributed by atoms with van der Waals surface area (Å²) >= 11 is 0. The zero-order valence-corrected chi connectivity index (χ0v) is 12.1. The molecule has 2 bridgehead atoms. The first-order valence-electron chi connectivity index (χ1n) is 7.45. The highest BCUT2D eigenvalue weighted by atomic mass is 16.5. The number of rotatable bonds is 4. The standard InChI is InChI=1S/C14H24N4O/c1-4-12(15-2)14-16-13(17-19-14)9-7-10-5-6-11(8-9)18(10)3/h9-12,15H,4-8H2,1-3H3. The van der Waals surface area contributed by atoms with Crippen molar-refractivity contribution in [2.75, 3.05) is 14.1 Å². The van der Waals surface area contributed by atoms with E-state index in [0.29, 0.717) is 5.92 Å². The van der Waals surface area contributed by atoms with Crippen molar-refractivity contribution in [2.24, 2.45) is 0 Å². The SMILES string of the molecule is CCC(NC)c1nc(C2CC3CCC(C2)N3C)no1. The van der Waals surface area contributed by atoms with Crippen LogP contribution in [-0.2, 0) is 0 Å². The van der Waals surface area contributed by atoms with E-state index in [9.17, 15) is 0 Å². The van der Waals surface area contributed by atoms with E-state index in [2.05, 4.69) is 34.3 Å². The zero-order chi connectivity index (χ0) is 13.4. The predicted molar refractivity (Wildman–Crippen MR) is 72.9 cm³/mol. The van der Waals surface area contributed by atoms with Crippen LogP contribution < -0.4 is 5.32 Å². The number of piperidine rings is 1. The highest BCUT2D eigenvalue weighted by Crippen LogP contribution is 2.41. The lowest BCUT2D eigenvalue weighted by atomic mass is 9.90. The molecule has 106 valence electrons. The van der Waals surface area contributed by atoms with Crippen molar-refractivity contribution in [3.63, 3.8) is 0 Å². The lowest BCUT2D eigenvalue weighted by molar-refractivity contribution is 0.157. The second-order valence-corrected chi connectivity index (χ2v) is 5.96. The summed E-state index contributed by atoms with van der Waals surface area (Å²) in [7, 11) is 4.20. The summed E-state index contributed by atoms with van der Waals surface area (Å²) in [6.45, 7) is 2.13. The van der Waals surface area contributed by atoms with Gasteiger partial charge in [-0.2, -0.15) is 4.98 Å². The monoisotopic (exact) mass is 264 g/mol. The molecule has 0 saturated carbocycles. The first-order chi connectivity index (χ1) is 9.22. The van der Waals surface area contributed by atoms with Crippen molar-refractivity contribution < 1.29 is 4.52 Å². The second-order valence-electron chi connectivity index (χ2n) is 5.96. The van der Waals surface area contributed by atoms with E-state index in [-0.39, 0.29) is 6.04 Å². The van der Waals surface area contributed by atoms with Crippen LogP contribution in [0.4, 0.5) is 0 Å². The molecular formula is C14H24N4O. The minimum Gasteiger partial charge on any atom is -0.338 e. The lowest BCUT2D eigenvalue weighted by Gasteiger charge is -2.34. The summed E-state index contributed by atoms with van der Waals surface area (Å²) in [6, 6.07) is 1.62. The van der Waals surface area contributed by atoms with Crippen LogP contribution in [0.25, 0.3) is 0 Å². The van der Waals surface area contributed by atoms with E-state index in [0.717, 1.165) is 30.2 Å². The molecule has 2 aliphatic rings. The van der Waals surface area contributed by atoms with Crippen LogP contribution >= 0.6 is 0 Å². The Hall–Kier alpha value is -0.940. The Morgan fingerprint density at radius 1 is 1.37 bits per heavy atom. The summed E-state index contributed by atoms with van der Waals surface area (Å²) < 4.78 is 5.44. The highest BCUT2D eigenvalue weighted by Gasteiger charge is 2.40. The fourth-order valence-electron chi connectivity index (χ4n) is 3.68. The van der Waals surface area contributed by atoms with E-state index in [4.69, 9.17) is 4.52 Å². The van der Waals surface area contributed by atoms with Crippen molar-refractivity contribution in [3.05, 3.63) is 11.7 Å². The average molecular weight is 264 g/mol. The van der Waals surface area contributed by atoms with Crippen LogP contribution in [0.3, 0.4) is 0 Å². The summed E-state index contributed by atoms with van der Waals surface area (Å²) in [5.41, 5.74) is 0. The molecule has 5 nitrogen and oxygen atoms in total. The van der Waals surface area contributed by atoms with Gasteiger partial charge in [0.1, 0.15) is 0 Å². The van der Waals surface area contributed by atoms with E-state index in [1.807, 2.05) is 7.05 Å². The van der Waals surface area contributed by atoms with Crippen molar-refractivity contribution in [2.45, 2.75) is 63.1 Å². The smallest absolute Gasteiger partial charge is 0.243 e. The Morgan fingerprint density at radius 2 is 2.05 bits per heavy atom. The Balaban J connectivity index is 1.73. The van der Waals surface area contributed by atoms with E-state index in [1.165, 1.54) is 25.7 Å². The van der Waals surface area contributed by atoms with Gasteiger partial charge in [0.05, 0.1) is 6.04 Å². The minimum absolute atomic E-state index is 0.184. The van der Waals surface area contributed by atoms with Crippen molar-refractivity contribution in [3.8, 4) is 0 Å². The number of nitrogens with one attached hydrogen (secondary N) is 1. The van der Waals surface area contributed by atoms with Gasteiger partial charge in [-0.05, 0) is 46.2 Å². The van der Waals surface area contributed by atoms with Gasteiger partial charge in [0, 0.05) is 18.0 Å². The molecule has 1 aromatic rings. The maximum absolute atomic E-state index is 5.44. The second kappa shape index (κ2) is 5.21. The third-order valence-corrected chi connectivity index (χ3v) is 4.98. The fraction of sp³-hybridized carbons (Fsp3) is 0.857. The summed E-state index contributed by atoms with van der Waals surface area (Å²) in [4.78, 5) is 7.18. The molecule has 5 heteroatoms. The van der Waals surface area contributed by atoms with Crippen molar-refractivity contribution in [1.29, 1.82) is 0 Å². The third-order valence-electron chi connectivity index (χ3n) is 4.98. The molecule has 0 aromatic carbocycles. The molecule has 0 aliphatic carbocycles. The number of hydrogen-bond donors (Lipinski definition) is 1. The van der Waals surface area contributed by atoms with Gasteiger partial charge in [0.25, 0.3) is 0 Å². The minimum atomic E-state index is 0.184. The lowest BCUT2D eigenvalue weighted by Crippen LogP contribution is -2.39. The molecule has 3 unspecified atom stereocenters. The molecule has 0 radical (unpaired) electrons. The number of hydrogen-bond acceptors (Lipinski definition) is 5. The largest absolute Gasteiger partial charge is 0.338 e. The molecule has 19 heavy (non-hydrogen) atoms. The van der Waals surface area contributed by atoms with Crippen molar-refractivity contribution >= 4 is 0 Å². The zero-order valence-electron chi connectivity index (χ0n) is 12.1. The molecule has 0 amide bonds. The molecule has 2 fully saturated rings. The normalized spacial score (nSPS) is 32.7. The first kappa shape index (κ1) is 13.1. The van der Waals surface area contributed by atoms with Crippen LogP contribution in [0.2, 0.25) is 0 Å². The summed E-state index contributed by atoms with van der Waals surface area (Å²) in [5.74, 6) is 2.15. The van der Waals surface area contributed by atoms with Gasteiger partial charge in [-0.25, -0.2) is 0 Å². The molecule has 0 spiro atoms. The van der Waals surface area contributed by atoms with Crippen LogP contribution in [0, 0.1) is 0 Å². The summed E-state index contributed by atoms with van der Waals surface area (Å²) in [5, 5.41) is 7.45. The van der Waals surface area contributed by atoms with E-state index in [1.54, 1.807) is 0 Å². The van der Waals surface area contributed by atoms with E-state index < -0.39 is 0 Å². The maximum Gasteiger partial charge on any atom is 0.243 e. The van der Waals surface area contributed by atoms with Gasteiger partial charge < -0.3 is 14.7 Å².